The predicted molar refractivity (Wildman–Crippen MR) is 70.8 cm³/mol. The standard InChI is InChI=1S/C15H22O2/c1-4-6-7-11-17-15-10-8-9-14(12(3)16)13(15)5-2/h8-10H,4-7,11H2,1-3H3. The van der Waals surface area contributed by atoms with Gasteiger partial charge in [0.05, 0.1) is 6.61 Å². The first kappa shape index (κ1) is 13.8. The van der Waals surface area contributed by atoms with Gasteiger partial charge >= 0.3 is 0 Å². The van der Waals surface area contributed by atoms with Gasteiger partial charge in [-0.2, -0.15) is 0 Å². The van der Waals surface area contributed by atoms with Crippen LogP contribution in [0.5, 0.6) is 5.75 Å². The van der Waals surface area contributed by atoms with E-state index in [4.69, 9.17) is 4.74 Å². The zero-order valence-corrected chi connectivity index (χ0v) is 11.1. The van der Waals surface area contributed by atoms with Crippen LogP contribution in [-0.2, 0) is 6.42 Å². The van der Waals surface area contributed by atoms with Gasteiger partial charge in [0.15, 0.2) is 5.78 Å². The van der Waals surface area contributed by atoms with Crippen LogP contribution in [0.1, 0.15) is 56.0 Å². The van der Waals surface area contributed by atoms with E-state index in [2.05, 4.69) is 13.8 Å². The smallest absolute Gasteiger partial charge is 0.160 e. The van der Waals surface area contributed by atoms with Crippen LogP contribution < -0.4 is 4.74 Å². The molecule has 0 unspecified atom stereocenters. The van der Waals surface area contributed by atoms with Crippen LogP contribution in [-0.4, -0.2) is 12.4 Å². The average Bonchev–Trinajstić information content (AvgIpc) is 2.34. The van der Waals surface area contributed by atoms with E-state index in [0.717, 1.165) is 36.3 Å². The van der Waals surface area contributed by atoms with Gasteiger partial charge in [-0.1, -0.05) is 38.8 Å². The molecule has 2 nitrogen and oxygen atoms in total. The maximum Gasteiger partial charge on any atom is 0.160 e. The van der Waals surface area contributed by atoms with Crippen LogP contribution in [0.4, 0.5) is 0 Å². The van der Waals surface area contributed by atoms with Gasteiger partial charge in [-0.3, -0.25) is 4.79 Å². The molecule has 0 amide bonds. The predicted octanol–water partition coefficient (Wildman–Crippen LogP) is 4.02. The summed E-state index contributed by atoms with van der Waals surface area (Å²) in [5.41, 5.74) is 1.83. The van der Waals surface area contributed by atoms with E-state index in [-0.39, 0.29) is 5.78 Å². The number of ketones is 1. The highest BCUT2D eigenvalue weighted by Crippen LogP contribution is 2.23. The first-order valence-corrected chi connectivity index (χ1v) is 6.46. The first-order valence-electron chi connectivity index (χ1n) is 6.46. The lowest BCUT2D eigenvalue weighted by Gasteiger charge is -2.13. The molecule has 0 heterocycles. The molecule has 0 N–H and O–H groups in total. The van der Waals surface area contributed by atoms with Gasteiger partial charge in [-0.25, -0.2) is 0 Å². The Kier molecular flexibility index (Phi) is 5.75. The van der Waals surface area contributed by atoms with Crippen molar-refractivity contribution in [1.29, 1.82) is 0 Å². The lowest BCUT2D eigenvalue weighted by atomic mass is 10.0. The van der Waals surface area contributed by atoms with E-state index in [1.165, 1.54) is 12.8 Å². The number of ether oxygens (including phenoxy) is 1. The minimum Gasteiger partial charge on any atom is -0.493 e. The molecule has 0 saturated heterocycles. The fourth-order valence-electron chi connectivity index (χ4n) is 1.93. The second kappa shape index (κ2) is 7.10. The van der Waals surface area contributed by atoms with Crippen LogP contribution in [0.3, 0.4) is 0 Å². The molecule has 0 radical (unpaired) electrons. The molecule has 94 valence electrons. The largest absolute Gasteiger partial charge is 0.493 e. The van der Waals surface area contributed by atoms with Crippen molar-refractivity contribution in [1.82, 2.24) is 0 Å². The summed E-state index contributed by atoms with van der Waals surface area (Å²) in [4.78, 5) is 11.5. The zero-order chi connectivity index (χ0) is 12.7. The lowest BCUT2D eigenvalue weighted by molar-refractivity contribution is 0.101. The Labute approximate surface area is 104 Å². The van der Waals surface area contributed by atoms with Gasteiger partial charge in [-0.05, 0) is 25.8 Å². The molecule has 1 aromatic rings. The van der Waals surface area contributed by atoms with E-state index in [1.54, 1.807) is 6.92 Å². The third-order valence-electron chi connectivity index (χ3n) is 2.87. The van der Waals surface area contributed by atoms with Gasteiger partial charge in [0.1, 0.15) is 5.75 Å². The Morgan fingerprint density at radius 1 is 1.24 bits per heavy atom. The van der Waals surface area contributed by atoms with Crippen molar-refractivity contribution in [2.24, 2.45) is 0 Å². The third-order valence-corrected chi connectivity index (χ3v) is 2.87. The summed E-state index contributed by atoms with van der Waals surface area (Å²) in [6.45, 7) is 6.58. The maximum atomic E-state index is 11.5. The maximum absolute atomic E-state index is 11.5. The van der Waals surface area contributed by atoms with Crippen molar-refractivity contribution in [3.63, 3.8) is 0 Å². The molecular weight excluding hydrogens is 212 g/mol. The number of unbranched alkanes of at least 4 members (excludes halogenated alkanes) is 2. The number of hydrogen-bond donors (Lipinski definition) is 0. The van der Waals surface area contributed by atoms with Crippen LogP contribution >= 0.6 is 0 Å². The topological polar surface area (TPSA) is 26.3 Å². The summed E-state index contributed by atoms with van der Waals surface area (Å²) in [5.74, 6) is 0.983. The van der Waals surface area contributed by atoms with Crippen LogP contribution in [0, 0.1) is 0 Å². The fourth-order valence-corrected chi connectivity index (χ4v) is 1.93. The summed E-state index contributed by atoms with van der Waals surface area (Å²) in [5, 5.41) is 0. The van der Waals surface area contributed by atoms with Crippen molar-refractivity contribution in [2.45, 2.75) is 46.5 Å². The molecule has 0 aliphatic rings. The fraction of sp³-hybridized carbons (Fsp3) is 0.533. The molecule has 1 rings (SSSR count). The number of benzene rings is 1. The Hall–Kier alpha value is -1.31. The van der Waals surface area contributed by atoms with Gasteiger partial charge in [0.25, 0.3) is 0 Å². The first-order chi connectivity index (χ1) is 8.20. The van der Waals surface area contributed by atoms with Crippen LogP contribution in [0.15, 0.2) is 18.2 Å². The van der Waals surface area contributed by atoms with E-state index in [1.807, 2.05) is 18.2 Å². The third kappa shape index (κ3) is 3.88. The van der Waals surface area contributed by atoms with Crippen molar-refractivity contribution in [3.8, 4) is 5.75 Å². The number of Topliss-reactive ketones (excluding diaryl/α,β-unsaturated/α-hetero) is 1. The minimum absolute atomic E-state index is 0.112. The molecule has 0 atom stereocenters. The van der Waals surface area contributed by atoms with Gasteiger partial charge in [-0.15, -0.1) is 0 Å². The molecule has 0 bridgehead atoms. The molecule has 1 aromatic carbocycles. The molecule has 0 saturated carbocycles. The Morgan fingerprint density at radius 2 is 2.00 bits per heavy atom. The summed E-state index contributed by atoms with van der Waals surface area (Å²) in [7, 11) is 0. The summed E-state index contributed by atoms with van der Waals surface area (Å²) < 4.78 is 5.77. The van der Waals surface area contributed by atoms with Gasteiger partial charge < -0.3 is 4.74 Å². The highest BCUT2D eigenvalue weighted by Gasteiger charge is 2.10. The number of rotatable bonds is 7. The van der Waals surface area contributed by atoms with Gasteiger partial charge in [0, 0.05) is 11.1 Å². The normalized spacial score (nSPS) is 10.3. The molecule has 0 fully saturated rings. The molecule has 2 heteroatoms. The lowest BCUT2D eigenvalue weighted by Crippen LogP contribution is -2.04. The Morgan fingerprint density at radius 3 is 2.59 bits per heavy atom. The number of carbonyl (C=O) groups excluding carboxylic acids is 1. The zero-order valence-electron chi connectivity index (χ0n) is 11.1. The van der Waals surface area contributed by atoms with Crippen molar-refractivity contribution < 1.29 is 9.53 Å². The number of hydrogen-bond acceptors (Lipinski definition) is 2. The monoisotopic (exact) mass is 234 g/mol. The quantitative estimate of drug-likeness (QED) is 0.526. The molecule has 0 aliphatic carbocycles. The van der Waals surface area contributed by atoms with Crippen molar-refractivity contribution in [3.05, 3.63) is 29.3 Å². The molecule has 0 aromatic heterocycles. The second-order valence-corrected chi connectivity index (χ2v) is 4.25. The average molecular weight is 234 g/mol. The molecule has 0 aliphatic heterocycles. The molecular formula is C15H22O2. The minimum atomic E-state index is 0.112. The Bertz CT molecular complexity index is 369. The number of carbonyl (C=O) groups is 1. The molecule has 0 spiro atoms. The van der Waals surface area contributed by atoms with E-state index in [0.29, 0.717) is 0 Å². The van der Waals surface area contributed by atoms with Crippen molar-refractivity contribution >= 4 is 5.78 Å². The molecule has 17 heavy (non-hydrogen) atoms. The van der Waals surface area contributed by atoms with E-state index in [9.17, 15) is 4.79 Å². The van der Waals surface area contributed by atoms with E-state index < -0.39 is 0 Å². The highest BCUT2D eigenvalue weighted by atomic mass is 16.5. The SMILES string of the molecule is CCCCCOc1cccc(C(C)=O)c1CC. The summed E-state index contributed by atoms with van der Waals surface area (Å²) in [6, 6.07) is 5.72. The highest BCUT2D eigenvalue weighted by molar-refractivity contribution is 5.96. The van der Waals surface area contributed by atoms with Crippen molar-refractivity contribution in [2.75, 3.05) is 6.61 Å². The van der Waals surface area contributed by atoms with E-state index >= 15 is 0 Å². The summed E-state index contributed by atoms with van der Waals surface area (Å²) in [6.07, 6.45) is 4.29. The van der Waals surface area contributed by atoms with Crippen LogP contribution in [0.25, 0.3) is 0 Å². The summed E-state index contributed by atoms with van der Waals surface area (Å²) >= 11 is 0. The second-order valence-electron chi connectivity index (χ2n) is 4.25. The Balaban J connectivity index is 2.77. The van der Waals surface area contributed by atoms with Crippen LogP contribution in [0.2, 0.25) is 0 Å². The van der Waals surface area contributed by atoms with Gasteiger partial charge in [0.2, 0.25) is 0 Å².